The maximum atomic E-state index is 14.5. The van der Waals surface area contributed by atoms with E-state index in [2.05, 4.69) is 38.9 Å². The molecule has 7 nitrogen and oxygen atoms in total. The summed E-state index contributed by atoms with van der Waals surface area (Å²) in [6.45, 7) is 10.9. The van der Waals surface area contributed by atoms with E-state index in [9.17, 15) is 14.0 Å². The van der Waals surface area contributed by atoms with Crippen LogP contribution in [0.15, 0.2) is 4.99 Å². The summed E-state index contributed by atoms with van der Waals surface area (Å²) in [7, 11) is -0.629. The van der Waals surface area contributed by atoms with Crippen LogP contribution in [-0.4, -0.2) is 72.8 Å². The molecule has 1 saturated heterocycles. The summed E-state index contributed by atoms with van der Waals surface area (Å²) in [5.74, 6) is -0.645. The molecule has 0 bridgehead atoms. The van der Waals surface area contributed by atoms with Crippen molar-refractivity contribution in [2.75, 3.05) is 13.7 Å². The van der Waals surface area contributed by atoms with Crippen molar-refractivity contribution in [1.29, 1.82) is 0 Å². The molecule has 1 amide bonds. The number of amides is 1. The van der Waals surface area contributed by atoms with E-state index in [0.29, 0.717) is 6.61 Å². The molecule has 2 aliphatic heterocycles. The summed E-state index contributed by atoms with van der Waals surface area (Å²) in [6.07, 6.45) is -3.61. The third-order valence-electron chi connectivity index (χ3n) is 5.17. The van der Waals surface area contributed by atoms with Crippen molar-refractivity contribution in [3.63, 3.8) is 0 Å². The van der Waals surface area contributed by atoms with E-state index in [1.54, 1.807) is 0 Å². The zero-order valence-electron chi connectivity index (χ0n) is 16.0. The molecule has 0 aromatic carbocycles. The van der Waals surface area contributed by atoms with Crippen molar-refractivity contribution in [3.05, 3.63) is 0 Å². The highest BCUT2D eigenvalue weighted by molar-refractivity contribution is 8.14. The van der Waals surface area contributed by atoms with Gasteiger partial charge in [-0.15, -0.1) is 0 Å². The van der Waals surface area contributed by atoms with Gasteiger partial charge >= 0.3 is 6.09 Å². The number of halogens is 1. The molecule has 2 aliphatic rings. The van der Waals surface area contributed by atoms with E-state index >= 15 is 0 Å². The Bertz CT molecular complexity index is 610. The lowest BCUT2D eigenvalue weighted by Crippen LogP contribution is -2.50. The van der Waals surface area contributed by atoms with Crippen molar-refractivity contribution in [2.24, 2.45) is 4.99 Å². The summed E-state index contributed by atoms with van der Waals surface area (Å²) in [5, 5.41) is 9.21. The molecule has 0 unspecified atom stereocenters. The number of alkyl halides is 1. The number of carboxylic acid groups (broad SMARTS) is 1. The number of rotatable bonds is 4. The second-order valence-electron chi connectivity index (χ2n) is 8.06. The number of ether oxygens (including phenoxy) is 1. The minimum Gasteiger partial charge on any atom is -0.465 e. The smallest absolute Gasteiger partial charge is 0.413 e. The van der Waals surface area contributed by atoms with Crippen molar-refractivity contribution >= 4 is 37.1 Å². The number of thioether (sulfide) groups is 1. The van der Waals surface area contributed by atoms with E-state index < -0.39 is 43.9 Å². The SMILES string of the molecule is CN(C(=O)O)C1=N[C@H]2[C@H](O[C@H](CCO[Si](C)(C)C(C)(C)C)C(=O)[C@@H]2F)S1. The topological polar surface area (TPSA) is 88.4 Å². The monoisotopic (exact) mass is 406 g/mol. The fraction of sp³-hybridized carbons (Fsp3) is 0.812. The molecule has 0 saturated carbocycles. The molecule has 26 heavy (non-hydrogen) atoms. The summed E-state index contributed by atoms with van der Waals surface area (Å²) in [6, 6.07) is -0.998. The number of aliphatic imine (C=N–C) groups is 1. The highest BCUT2D eigenvalue weighted by atomic mass is 32.2. The van der Waals surface area contributed by atoms with Crippen LogP contribution in [0.25, 0.3) is 0 Å². The van der Waals surface area contributed by atoms with Crippen LogP contribution in [0.3, 0.4) is 0 Å². The van der Waals surface area contributed by atoms with Crippen molar-refractivity contribution in [2.45, 2.75) is 69.1 Å². The molecule has 0 aromatic rings. The number of hydrogen-bond acceptors (Lipinski definition) is 6. The minimum atomic E-state index is -1.95. The van der Waals surface area contributed by atoms with Gasteiger partial charge in [0.1, 0.15) is 17.6 Å². The molecule has 10 heteroatoms. The number of carbonyl (C=O) groups is 2. The van der Waals surface area contributed by atoms with Gasteiger partial charge in [-0.1, -0.05) is 32.5 Å². The van der Waals surface area contributed by atoms with Crippen LogP contribution in [0.1, 0.15) is 27.2 Å². The normalized spacial score (nSPS) is 29.3. The van der Waals surface area contributed by atoms with Gasteiger partial charge in [-0.25, -0.2) is 9.18 Å². The predicted molar refractivity (Wildman–Crippen MR) is 101 cm³/mol. The van der Waals surface area contributed by atoms with Gasteiger partial charge in [-0.2, -0.15) is 0 Å². The standard InChI is InChI=1S/C16H27FN2O5SSi/c1-16(2,3)26(5,6)23-8-7-9-12(20)10(17)11-13(24-9)25-14(18-11)19(4)15(21)22/h9-11,13H,7-8H2,1-6H3,(H,21,22)/t9-,10-,11-,13-/m1/s1. The largest absolute Gasteiger partial charge is 0.465 e. The van der Waals surface area contributed by atoms with Gasteiger partial charge < -0.3 is 14.3 Å². The summed E-state index contributed by atoms with van der Waals surface area (Å²) >= 11 is 1.03. The van der Waals surface area contributed by atoms with Crippen LogP contribution >= 0.6 is 11.8 Å². The highest BCUT2D eigenvalue weighted by Gasteiger charge is 2.50. The second-order valence-corrected chi connectivity index (χ2v) is 13.9. The first-order valence-electron chi connectivity index (χ1n) is 8.53. The van der Waals surface area contributed by atoms with Gasteiger partial charge in [0, 0.05) is 20.1 Å². The zero-order chi connectivity index (χ0) is 19.9. The van der Waals surface area contributed by atoms with Gasteiger partial charge in [0.15, 0.2) is 25.4 Å². The Kier molecular flexibility index (Phi) is 6.21. The van der Waals surface area contributed by atoms with E-state index in [-0.39, 0.29) is 16.6 Å². The lowest BCUT2D eigenvalue weighted by Gasteiger charge is -2.37. The van der Waals surface area contributed by atoms with Crippen LogP contribution < -0.4 is 0 Å². The minimum absolute atomic E-state index is 0.0453. The zero-order valence-corrected chi connectivity index (χ0v) is 17.8. The number of Topliss-reactive ketones (excluding diaryl/α,β-unsaturated/α-hetero) is 1. The molecule has 1 N–H and O–H groups in total. The average Bonchev–Trinajstić information content (AvgIpc) is 2.94. The molecule has 1 fully saturated rings. The Morgan fingerprint density at radius 2 is 2.08 bits per heavy atom. The maximum Gasteiger partial charge on any atom is 0.413 e. The Balaban J connectivity index is 1.97. The first-order valence-corrected chi connectivity index (χ1v) is 12.3. The van der Waals surface area contributed by atoms with Crippen molar-refractivity contribution in [3.8, 4) is 0 Å². The molecule has 0 spiro atoms. The van der Waals surface area contributed by atoms with Crippen molar-refractivity contribution < 1.29 is 28.2 Å². The number of amidine groups is 1. The molecular formula is C16H27FN2O5SSi. The van der Waals surface area contributed by atoms with Crippen LogP contribution in [0.4, 0.5) is 9.18 Å². The summed E-state index contributed by atoms with van der Waals surface area (Å²) < 4.78 is 26.3. The first-order chi connectivity index (χ1) is 11.8. The van der Waals surface area contributed by atoms with Gasteiger partial charge in [-0.05, 0) is 18.1 Å². The van der Waals surface area contributed by atoms with Crippen LogP contribution in [0, 0.1) is 0 Å². The molecule has 4 atom stereocenters. The number of carbonyl (C=O) groups excluding carboxylic acids is 1. The van der Waals surface area contributed by atoms with Crippen LogP contribution in [0.5, 0.6) is 0 Å². The van der Waals surface area contributed by atoms with E-state index in [1.807, 2.05) is 0 Å². The number of hydrogen-bond donors (Lipinski definition) is 1. The van der Waals surface area contributed by atoms with Gasteiger partial charge in [0.2, 0.25) is 0 Å². The highest BCUT2D eigenvalue weighted by Crippen LogP contribution is 2.39. The van der Waals surface area contributed by atoms with Crippen LogP contribution in [0.2, 0.25) is 18.1 Å². The molecular weight excluding hydrogens is 379 g/mol. The number of ketones is 1. The lowest BCUT2D eigenvalue weighted by atomic mass is 9.99. The fourth-order valence-electron chi connectivity index (χ4n) is 2.37. The molecule has 0 aliphatic carbocycles. The average molecular weight is 407 g/mol. The third kappa shape index (κ3) is 4.29. The van der Waals surface area contributed by atoms with E-state index in [1.165, 1.54) is 7.05 Å². The van der Waals surface area contributed by atoms with Crippen LogP contribution in [-0.2, 0) is 14.0 Å². The van der Waals surface area contributed by atoms with Gasteiger partial charge in [0.05, 0.1) is 0 Å². The molecule has 0 radical (unpaired) electrons. The predicted octanol–water partition coefficient (Wildman–Crippen LogP) is 3.11. The second kappa shape index (κ2) is 7.57. The molecule has 148 valence electrons. The third-order valence-corrected chi connectivity index (χ3v) is 10.9. The number of nitrogens with zero attached hydrogens (tertiary/aromatic N) is 2. The Labute approximate surface area is 158 Å². The Hall–Kier alpha value is -0.973. The fourth-order valence-corrected chi connectivity index (χ4v) is 4.59. The van der Waals surface area contributed by atoms with Gasteiger partial charge in [-0.3, -0.25) is 14.7 Å². The molecule has 2 rings (SSSR count). The Morgan fingerprint density at radius 3 is 2.62 bits per heavy atom. The molecule has 2 heterocycles. The summed E-state index contributed by atoms with van der Waals surface area (Å²) in [4.78, 5) is 28.2. The molecule has 0 aromatic heterocycles. The van der Waals surface area contributed by atoms with Gasteiger partial charge in [0.25, 0.3) is 0 Å². The van der Waals surface area contributed by atoms with E-state index in [4.69, 9.17) is 14.3 Å². The quantitative estimate of drug-likeness (QED) is 0.722. The number of fused-ring (bicyclic) bond motifs is 1. The maximum absolute atomic E-state index is 14.5. The summed E-state index contributed by atoms with van der Waals surface area (Å²) in [5.41, 5.74) is -0.697. The Morgan fingerprint density at radius 1 is 1.46 bits per heavy atom. The van der Waals surface area contributed by atoms with E-state index in [0.717, 1.165) is 16.7 Å². The van der Waals surface area contributed by atoms with Crippen molar-refractivity contribution in [1.82, 2.24) is 4.90 Å². The first kappa shape index (κ1) is 21.3. The lowest BCUT2D eigenvalue weighted by molar-refractivity contribution is -0.147.